The number of ketones is 1. The quantitative estimate of drug-likeness (QED) is 0.635. The summed E-state index contributed by atoms with van der Waals surface area (Å²) in [6.07, 6.45) is 5.53. The van der Waals surface area contributed by atoms with Crippen LogP contribution < -0.4 is 9.47 Å². The SMILES string of the molecule is COc1ccc(OC)c(C(=O)CCC2=CC=C(c3ccccc3)C2C)c1. The number of benzene rings is 2. The van der Waals surface area contributed by atoms with Gasteiger partial charge in [-0.2, -0.15) is 0 Å². The molecule has 0 aliphatic heterocycles. The van der Waals surface area contributed by atoms with E-state index >= 15 is 0 Å². The van der Waals surface area contributed by atoms with Crippen LogP contribution in [0.3, 0.4) is 0 Å². The number of hydrogen-bond donors (Lipinski definition) is 0. The highest BCUT2D eigenvalue weighted by Gasteiger charge is 2.21. The summed E-state index contributed by atoms with van der Waals surface area (Å²) in [6, 6.07) is 15.7. The molecule has 1 aliphatic rings. The molecular formula is C23H24O3. The van der Waals surface area contributed by atoms with Gasteiger partial charge in [0, 0.05) is 12.3 Å². The van der Waals surface area contributed by atoms with Crippen LogP contribution >= 0.6 is 0 Å². The zero-order valence-electron chi connectivity index (χ0n) is 15.5. The third-order valence-electron chi connectivity index (χ3n) is 4.95. The first-order valence-electron chi connectivity index (χ1n) is 8.85. The predicted molar refractivity (Wildman–Crippen MR) is 105 cm³/mol. The monoisotopic (exact) mass is 348 g/mol. The van der Waals surface area contributed by atoms with E-state index < -0.39 is 0 Å². The third kappa shape index (κ3) is 3.72. The first-order chi connectivity index (χ1) is 12.6. The van der Waals surface area contributed by atoms with E-state index in [1.807, 2.05) is 6.07 Å². The minimum absolute atomic E-state index is 0.0713. The van der Waals surface area contributed by atoms with Gasteiger partial charge in [-0.25, -0.2) is 0 Å². The Morgan fingerprint density at radius 2 is 1.77 bits per heavy atom. The lowest BCUT2D eigenvalue weighted by atomic mass is 9.89. The zero-order valence-corrected chi connectivity index (χ0v) is 15.5. The van der Waals surface area contributed by atoms with Crippen molar-refractivity contribution in [1.82, 2.24) is 0 Å². The maximum Gasteiger partial charge on any atom is 0.167 e. The molecule has 134 valence electrons. The highest BCUT2D eigenvalue weighted by Crippen LogP contribution is 2.36. The molecule has 3 heteroatoms. The number of ether oxygens (including phenoxy) is 2. The summed E-state index contributed by atoms with van der Waals surface area (Å²) < 4.78 is 10.6. The minimum atomic E-state index is 0.0713. The molecule has 0 aromatic heterocycles. The largest absolute Gasteiger partial charge is 0.497 e. The van der Waals surface area contributed by atoms with Crippen molar-refractivity contribution in [3.8, 4) is 11.5 Å². The normalized spacial score (nSPS) is 16.0. The summed E-state index contributed by atoms with van der Waals surface area (Å²) in [5.74, 6) is 1.65. The Hall–Kier alpha value is -2.81. The van der Waals surface area contributed by atoms with Crippen molar-refractivity contribution in [3.05, 3.63) is 77.4 Å². The Morgan fingerprint density at radius 1 is 1.00 bits per heavy atom. The van der Waals surface area contributed by atoms with Crippen LogP contribution in [0.15, 0.2) is 66.3 Å². The van der Waals surface area contributed by atoms with Gasteiger partial charge in [0.25, 0.3) is 0 Å². The van der Waals surface area contributed by atoms with E-state index in [4.69, 9.17) is 9.47 Å². The van der Waals surface area contributed by atoms with Gasteiger partial charge in [0.05, 0.1) is 19.8 Å². The van der Waals surface area contributed by atoms with Crippen LogP contribution in [0.2, 0.25) is 0 Å². The maximum absolute atomic E-state index is 12.7. The number of rotatable bonds is 7. The second-order valence-electron chi connectivity index (χ2n) is 6.44. The Kier molecular flexibility index (Phi) is 5.57. The molecule has 2 aromatic carbocycles. The van der Waals surface area contributed by atoms with Gasteiger partial charge in [0.15, 0.2) is 5.78 Å². The van der Waals surface area contributed by atoms with Crippen LogP contribution in [-0.4, -0.2) is 20.0 Å². The third-order valence-corrected chi connectivity index (χ3v) is 4.95. The number of methoxy groups -OCH3 is 2. The second-order valence-corrected chi connectivity index (χ2v) is 6.44. The fraction of sp³-hybridized carbons (Fsp3) is 0.261. The molecule has 0 N–H and O–H groups in total. The van der Waals surface area contributed by atoms with Crippen molar-refractivity contribution in [2.24, 2.45) is 5.92 Å². The number of allylic oxidation sites excluding steroid dienone is 4. The molecule has 1 aliphatic carbocycles. The fourth-order valence-electron chi connectivity index (χ4n) is 3.39. The van der Waals surface area contributed by atoms with Crippen LogP contribution in [0.25, 0.3) is 5.57 Å². The molecular weight excluding hydrogens is 324 g/mol. The zero-order chi connectivity index (χ0) is 18.5. The molecule has 26 heavy (non-hydrogen) atoms. The van der Waals surface area contributed by atoms with E-state index in [9.17, 15) is 4.79 Å². The van der Waals surface area contributed by atoms with Gasteiger partial charge in [0.1, 0.15) is 11.5 Å². The standard InChI is InChI=1S/C23H24O3/c1-16-17(9-12-20(16)18-7-5-4-6-8-18)10-13-22(24)21-15-19(25-2)11-14-23(21)26-3/h4-9,11-12,14-16H,10,13H2,1-3H3. The van der Waals surface area contributed by atoms with Gasteiger partial charge in [0.2, 0.25) is 0 Å². The molecule has 0 saturated carbocycles. The number of carbonyl (C=O) groups is 1. The number of Topliss-reactive ketones (excluding diaryl/α,β-unsaturated/α-hetero) is 1. The Bertz CT molecular complexity index is 847. The highest BCUT2D eigenvalue weighted by molar-refractivity contribution is 5.99. The molecule has 0 fully saturated rings. The fourth-order valence-corrected chi connectivity index (χ4v) is 3.39. The lowest BCUT2D eigenvalue weighted by Gasteiger charge is -2.15. The van der Waals surface area contributed by atoms with E-state index in [0.717, 1.165) is 6.42 Å². The summed E-state index contributed by atoms with van der Waals surface area (Å²) in [6.45, 7) is 2.20. The molecule has 0 amide bonds. The molecule has 3 rings (SSSR count). The smallest absolute Gasteiger partial charge is 0.167 e. The van der Waals surface area contributed by atoms with Gasteiger partial charge in [-0.1, -0.05) is 55.0 Å². The lowest BCUT2D eigenvalue weighted by molar-refractivity contribution is 0.0979. The second kappa shape index (κ2) is 8.05. The molecule has 0 heterocycles. The van der Waals surface area contributed by atoms with E-state index in [1.165, 1.54) is 16.7 Å². The minimum Gasteiger partial charge on any atom is -0.497 e. The average Bonchev–Trinajstić information content (AvgIpc) is 3.06. The molecule has 0 spiro atoms. The van der Waals surface area contributed by atoms with Crippen LogP contribution in [0.4, 0.5) is 0 Å². The predicted octanol–water partition coefficient (Wildman–Crippen LogP) is 5.33. The molecule has 3 nitrogen and oxygen atoms in total. The van der Waals surface area contributed by atoms with Crippen LogP contribution in [0.1, 0.15) is 35.7 Å². The van der Waals surface area contributed by atoms with E-state index in [-0.39, 0.29) is 5.78 Å². The number of hydrogen-bond acceptors (Lipinski definition) is 3. The van der Waals surface area contributed by atoms with Gasteiger partial charge in [-0.15, -0.1) is 0 Å². The summed E-state index contributed by atoms with van der Waals surface area (Å²) in [5, 5.41) is 0. The average molecular weight is 348 g/mol. The molecule has 2 aromatic rings. The van der Waals surface area contributed by atoms with Crippen molar-refractivity contribution in [2.75, 3.05) is 14.2 Å². The van der Waals surface area contributed by atoms with E-state index in [1.54, 1.807) is 32.4 Å². The first-order valence-corrected chi connectivity index (χ1v) is 8.85. The molecule has 1 atom stereocenters. The molecule has 0 bridgehead atoms. The first kappa shape index (κ1) is 18.0. The van der Waals surface area contributed by atoms with Crippen molar-refractivity contribution >= 4 is 11.4 Å². The van der Waals surface area contributed by atoms with E-state index in [2.05, 4.69) is 43.3 Å². The molecule has 0 radical (unpaired) electrons. The van der Waals surface area contributed by atoms with Crippen LogP contribution in [-0.2, 0) is 0 Å². The number of carbonyl (C=O) groups excluding carboxylic acids is 1. The van der Waals surface area contributed by atoms with Crippen molar-refractivity contribution in [2.45, 2.75) is 19.8 Å². The summed E-state index contributed by atoms with van der Waals surface area (Å²) in [7, 11) is 3.17. The molecule has 0 saturated heterocycles. The van der Waals surface area contributed by atoms with Gasteiger partial charge in [-0.05, 0) is 35.8 Å². The van der Waals surface area contributed by atoms with Crippen molar-refractivity contribution in [1.29, 1.82) is 0 Å². The summed E-state index contributed by atoms with van der Waals surface area (Å²) in [5.41, 5.74) is 4.42. The van der Waals surface area contributed by atoms with Gasteiger partial charge < -0.3 is 9.47 Å². The van der Waals surface area contributed by atoms with Crippen LogP contribution in [0.5, 0.6) is 11.5 Å². The van der Waals surface area contributed by atoms with Crippen LogP contribution in [0, 0.1) is 5.92 Å². The van der Waals surface area contributed by atoms with Crippen molar-refractivity contribution < 1.29 is 14.3 Å². The highest BCUT2D eigenvalue weighted by atomic mass is 16.5. The molecule has 1 unspecified atom stereocenters. The maximum atomic E-state index is 12.7. The van der Waals surface area contributed by atoms with Gasteiger partial charge >= 0.3 is 0 Å². The van der Waals surface area contributed by atoms with Crippen molar-refractivity contribution in [3.63, 3.8) is 0 Å². The van der Waals surface area contributed by atoms with E-state index in [0.29, 0.717) is 29.4 Å². The topological polar surface area (TPSA) is 35.5 Å². The Balaban J connectivity index is 1.66. The lowest BCUT2D eigenvalue weighted by Crippen LogP contribution is -2.05. The summed E-state index contributed by atoms with van der Waals surface area (Å²) in [4.78, 5) is 12.7. The summed E-state index contributed by atoms with van der Waals surface area (Å²) >= 11 is 0. The Labute approximate surface area is 155 Å². The van der Waals surface area contributed by atoms with Gasteiger partial charge in [-0.3, -0.25) is 4.79 Å². The Morgan fingerprint density at radius 3 is 2.46 bits per heavy atom.